The molecule has 1 aromatic heterocycles. The number of nitrogens with zero attached hydrogens (tertiary/aromatic N) is 2. The molecule has 1 aromatic rings. The third kappa shape index (κ3) is 4.18. The first-order valence-electron chi connectivity index (χ1n) is 4.84. The van der Waals surface area contributed by atoms with Crippen LogP contribution in [0.5, 0.6) is 0 Å². The summed E-state index contributed by atoms with van der Waals surface area (Å²) in [5.74, 6) is 0.681. The number of amides is 1. The Balaban J connectivity index is 2.41. The summed E-state index contributed by atoms with van der Waals surface area (Å²) >= 11 is 7.16. The average Bonchev–Trinajstić information content (AvgIpc) is 2.60. The second kappa shape index (κ2) is 6.08. The van der Waals surface area contributed by atoms with Gasteiger partial charge in [-0.2, -0.15) is 0 Å². The minimum atomic E-state index is 0.140. The molecule has 0 saturated carbocycles. The van der Waals surface area contributed by atoms with Gasteiger partial charge < -0.3 is 4.90 Å². The Morgan fingerprint density at radius 1 is 1.67 bits per heavy atom. The molecule has 0 saturated heterocycles. The first-order valence-corrected chi connectivity index (χ1v) is 6.20. The van der Waals surface area contributed by atoms with Gasteiger partial charge in [-0.05, 0) is 13.3 Å². The average molecular weight is 247 g/mol. The van der Waals surface area contributed by atoms with Crippen LogP contribution in [0.1, 0.15) is 22.7 Å². The van der Waals surface area contributed by atoms with Crippen LogP contribution in [0.15, 0.2) is 6.20 Å². The van der Waals surface area contributed by atoms with E-state index in [9.17, 15) is 4.79 Å². The number of aromatic nitrogens is 1. The van der Waals surface area contributed by atoms with E-state index in [2.05, 4.69) is 4.98 Å². The Labute approximate surface area is 99.1 Å². The van der Waals surface area contributed by atoms with Crippen LogP contribution in [0.25, 0.3) is 0 Å². The van der Waals surface area contributed by atoms with Crippen LogP contribution in [0.3, 0.4) is 0 Å². The molecule has 0 aliphatic carbocycles. The van der Waals surface area contributed by atoms with Crippen LogP contribution in [-0.2, 0) is 11.3 Å². The molecule has 0 fully saturated rings. The van der Waals surface area contributed by atoms with Crippen LogP contribution in [0.2, 0.25) is 0 Å². The van der Waals surface area contributed by atoms with Crippen molar-refractivity contribution in [1.82, 2.24) is 9.88 Å². The van der Waals surface area contributed by atoms with E-state index in [1.807, 2.05) is 20.2 Å². The molecule has 1 heterocycles. The zero-order chi connectivity index (χ0) is 11.3. The van der Waals surface area contributed by atoms with Gasteiger partial charge in [-0.1, -0.05) is 0 Å². The van der Waals surface area contributed by atoms with Gasteiger partial charge in [0.15, 0.2) is 0 Å². The largest absolute Gasteiger partial charge is 0.341 e. The first kappa shape index (κ1) is 12.5. The van der Waals surface area contributed by atoms with Crippen molar-refractivity contribution in [3.8, 4) is 0 Å². The quantitative estimate of drug-likeness (QED) is 0.748. The molecular formula is C10H15ClN2OS. The zero-order valence-electron chi connectivity index (χ0n) is 8.99. The van der Waals surface area contributed by atoms with Gasteiger partial charge in [-0.15, -0.1) is 22.9 Å². The SMILES string of the molecule is Cc1ncc(CN(C)C(=O)CCCCl)s1. The molecule has 0 atom stereocenters. The molecule has 5 heteroatoms. The Kier molecular flexibility index (Phi) is 5.05. The Morgan fingerprint density at radius 2 is 2.40 bits per heavy atom. The predicted octanol–water partition coefficient (Wildman–Crippen LogP) is 2.43. The molecule has 0 N–H and O–H groups in total. The Hall–Kier alpha value is -0.610. The van der Waals surface area contributed by atoms with Gasteiger partial charge in [0.2, 0.25) is 5.91 Å². The lowest BCUT2D eigenvalue weighted by molar-refractivity contribution is -0.130. The predicted molar refractivity (Wildman–Crippen MR) is 63.3 cm³/mol. The fraction of sp³-hybridized carbons (Fsp3) is 0.600. The molecule has 84 valence electrons. The first-order chi connectivity index (χ1) is 7.13. The standard InChI is InChI=1S/C10H15ClN2OS/c1-8-12-6-9(15-8)7-13(2)10(14)4-3-5-11/h6H,3-5,7H2,1-2H3. The van der Waals surface area contributed by atoms with E-state index in [1.54, 1.807) is 16.2 Å². The fourth-order valence-corrected chi connectivity index (χ4v) is 2.19. The van der Waals surface area contributed by atoms with Crippen molar-refractivity contribution in [2.24, 2.45) is 0 Å². The molecular weight excluding hydrogens is 232 g/mol. The molecule has 0 aromatic carbocycles. The number of hydrogen-bond acceptors (Lipinski definition) is 3. The van der Waals surface area contributed by atoms with E-state index in [0.29, 0.717) is 18.8 Å². The van der Waals surface area contributed by atoms with Crippen molar-refractivity contribution in [3.63, 3.8) is 0 Å². The Morgan fingerprint density at radius 3 is 2.93 bits per heavy atom. The van der Waals surface area contributed by atoms with Gasteiger partial charge in [-0.25, -0.2) is 4.98 Å². The van der Waals surface area contributed by atoms with Gasteiger partial charge in [0.1, 0.15) is 0 Å². The van der Waals surface area contributed by atoms with Crippen LogP contribution in [0.4, 0.5) is 0 Å². The summed E-state index contributed by atoms with van der Waals surface area (Å²) in [7, 11) is 1.81. The Bertz CT molecular complexity index is 327. The molecule has 0 unspecified atom stereocenters. The molecule has 0 spiro atoms. The highest BCUT2D eigenvalue weighted by Gasteiger charge is 2.09. The zero-order valence-corrected chi connectivity index (χ0v) is 10.6. The maximum absolute atomic E-state index is 11.6. The maximum Gasteiger partial charge on any atom is 0.222 e. The summed E-state index contributed by atoms with van der Waals surface area (Å²) in [6, 6.07) is 0. The summed E-state index contributed by atoms with van der Waals surface area (Å²) < 4.78 is 0. The van der Waals surface area contributed by atoms with E-state index in [-0.39, 0.29) is 5.91 Å². The van der Waals surface area contributed by atoms with E-state index in [0.717, 1.165) is 16.3 Å². The third-order valence-corrected chi connectivity index (χ3v) is 3.18. The molecule has 0 aliphatic heterocycles. The lowest BCUT2D eigenvalue weighted by atomic mass is 10.3. The van der Waals surface area contributed by atoms with Gasteiger partial charge in [0.25, 0.3) is 0 Å². The van der Waals surface area contributed by atoms with E-state index >= 15 is 0 Å². The van der Waals surface area contributed by atoms with Crippen LogP contribution < -0.4 is 0 Å². The number of rotatable bonds is 5. The summed E-state index contributed by atoms with van der Waals surface area (Å²) in [6.07, 6.45) is 3.09. The molecule has 0 aliphatic rings. The monoisotopic (exact) mass is 246 g/mol. The number of alkyl halides is 1. The number of carbonyl (C=O) groups is 1. The fourth-order valence-electron chi connectivity index (χ4n) is 1.21. The van der Waals surface area contributed by atoms with Gasteiger partial charge in [0.05, 0.1) is 11.6 Å². The van der Waals surface area contributed by atoms with Gasteiger partial charge in [-0.3, -0.25) is 4.79 Å². The normalized spacial score (nSPS) is 10.3. The lowest BCUT2D eigenvalue weighted by Gasteiger charge is -2.15. The second-order valence-electron chi connectivity index (χ2n) is 3.39. The van der Waals surface area contributed by atoms with E-state index < -0.39 is 0 Å². The summed E-state index contributed by atoms with van der Waals surface area (Å²) in [5, 5.41) is 1.03. The minimum Gasteiger partial charge on any atom is -0.341 e. The van der Waals surface area contributed by atoms with Crippen molar-refractivity contribution < 1.29 is 4.79 Å². The molecule has 0 bridgehead atoms. The molecule has 3 nitrogen and oxygen atoms in total. The number of halogens is 1. The number of aryl methyl sites for hydroxylation is 1. The van der Waals surface area contributed by atoms with Crippen LogP contribution in [-0.4, -0.2) is 28.7 Å². The van der Waals surface area contributed by atoms with Crippen molar-refractivity contribution in [2.75, 3.05) is 12.9 Å². The molecule has 15 heavy (non-hydrogen) atoms. The highest BCUT2D eigenvalue weighted by Crippen LogP contribution is 2.13. The molecule has 1 amide bonds. The highest BCUT2D eigenvalue weighted by molar-refractivity contribution is 7.11. The topological polar surface area (TPSA) is 33.2 Å². The van der Waals surface area contributed by atoms with Crippen molar-refractivity contribution in [2.45, 2.75) is 26.3 Å². The van der Waals surface area contributed by atoms with Gasteiger partial charge in [0, 0.05) is 30.4 Å². The number of carbonyl (C=O) groups excluding carboxylic acids is 1. The highest BCUT2D eigenvalue weighted by atomic mass is 35.5. The number of thiazole rings is 1. The van der Waals surface area contributed by atoms with Crippen LogP contribution in [0, 0.1) is 6.92 Å². The third-order valence-electron chi connectivity index (χ3n) is 2.01. The van der Waals surface area contributed by atoms with Crippen molar-refractivity contribution >= 4 is 28.8 Å². The smallest absolute Gasteiger partial charge is 0.222 e. The summed E-state index contributed by atoms with van der Waals surface area (Å²) in [6.45, 7) is 2.61. The second-order valence-corrected chi connectivity index (χ2v) is 5.09. The molecule has 1 rings (SSSR count). The van der Waals surface area contributed by atoms with Gasteiger partial charge >= 0.3 is 0 Å². The minimum absolute atomic E-state index is 0.140. The van der Waals surface area contributed by atoms with E-state index in [4.69, 9.17) is 11.6 Å². The van der Waals surface area contributed by atoms with Crippen LogP contribution >= 0.6 is 22.9 Å². The lowest BCUT2D eigenvalue weighted by Crippen LogP contribution is -2.25. The van der Waals surface area contributed by atoms with E-state index in [1.165, 1.54) is 0 Å². The maximum atomic E-state index is 11.6. The summed E-state index contributed by atoms with van der Waals surface area (Å²) in [5.41, 5.74) is 0. The van der Waals surface area contributed by atoms with Crippen molar-refractivity contribution in [3.05, 3.63) is 16.1 Å². The van der Waals surface area contributed by atoms with Crippen molar-refractivity contribution in [1.29, 1.82) is 0 Å². The molecule has 0 radical (unpaired) electrons. The summed E-state index contributed by atoms with van der Waals surface area (Å²) in [4.78, 5) is 18.6. The number of hydrogen-bond donors (Lipinski definition) is 0.